The minimum Gasteiger partial charge on any atom is -0.494 e. The fraction of sp³-hybridized carbons (Fsp3) is 0.136. The van der Waals surface area contributed by atoms with Crippen LogP contribution >= 0.6 is 0 Å². The monoisotopic (exact) mass is 416 g/mol. The van der Waals surface area contributed by atoms with Crippen molar-refractivity contribution in [3.8, 4) is 11.7 Å². The Morgan fingerprint density at radius 1 is 1.16 bits per heavy atom. The van der Waals surface area contributed by atoms with Crippen LogP contribution in [0.5, 0.6) is 5.88 Å². The van der Waals surface area contributed by atoms with Gasteiger partial charge in [0.25, 0.3) is 11.5 Å². The molecule has 4 aromatic rings. The second kappa shape index (κ2) is 8.23. The smallest absolute Gasteiger partial charge is 0.267 e. The van der Waals surface area contributed by atoms with Crippen LogP contribution in [0.3, 0.4) is 0 Å². The first kappa shape index (κ1) is 20.0. The number of aromatic hydroxyl groups is 1. The molecule has 0 aliphatic heterocycles. The molecule has 1 amide bonds. The topological polar surface area (TPSA) is 114 Å². The summed E-state index contributed by atoms with van der Waals surface area (Å²) in [6.45, 7) is 3.72. The highest BCUT2D eigenvalue weighted by Crippen LogP contribution is 2.25. The number of carbonyl (C=O) groups excluding carboxylic acids is 1. The molecule has 0 atom stereocenters. The molecule has 0 radical (unpaired) electrons. The number of nitrogens with one attached hydrogen (secondary N) is 1. The van der Waals surface area contributed by atoms with Gasteiger partial charge in [-0.2, -0.15) is 10.2 Å². The van der Waals surface area contributed by atoms with E-state index in [1.807, 2.05) is 19.9 Å². The average molecular weight is 416 g/mol. The number of aromatic nitrogens is 4. The lowest BCUT2D eigenvalue weighted by Gasteiger charge is -2.12. The molecule has 0 aliphatic rings. The molecule has 31 heavy (non-hydrogen) atoms. The number of amides is 1. The van der Waals surface area contributed by atoms with Crippen molar-refractivity contribution in [2.75, 3.05) is 0 Å². The molecule has 0 saturated heterocycles. The summed E-state index contributed by atoms with van der Waals surface area (Å²) in [6, 6.07) is 13.8. The van der Waals surface area contributed by atoms with Gasteiger partial charge in [-0.15, -0.1) is 0 Å². The van der Waals surface area contributed by atoms with Crippen molar-refractivity contribution in [3.63, 3.8) is 0 Å². The van der Waals surface area contributed by atoms with Gasteiger partial charge >= 0.3 is 0 Å². The number of hydrazone groups is 1. The number of rotatable bonds is 5. The lowest BCUT2D eigenvalue weighted by atomic mass is 10.1. The maximum absolute atomic E-state index is 13.0. The van der Waals surface area contributed by atoms with Gasteiger partial charge in [-0.3, -0.25) is 14.3 Å². The zero-order chi connectivity index (χ0) is 22.0. The van der Waals surface area contributed by atoms with Gasteiger partial charge in [-0.1, -0.05) is 24.3 Å². The Kier molecular flexibility index (Phi) is 5.31. The Morgan fingerprint density at radius 3 is 2.58 bits per heavy atom. The summed E-state index contributed by atoms with van der Waals surface area (Å²) in [5.74, 6) is -0.415. The van der Waals surface area contributed by atoms with Crippen LogP contribution < -0.4 is 11.0 Å². The predicted octanol–water partition coefficient (Wildman–Crippen LogP) is 2.05. The normalized spacial score (nSPS) is 11.3. The summed E-state index contributed by atoms with van der Waals surface area (Å²) in [6.07, 6.45) is 2.85. The highest BCUT2D eigenvalue weighted by atomic mass is 16.3. The third kappa shape index (κ3) is 3.93. The summed E-state index contributed by atoms with van der Waals surface area (Å²) in [4.78, 5) is 29.4. The van der Waals surface area contributed by atoms with Crippen LogP contribution in [0.2, 0.25) is 0 Å². The molecule has 4 rings (SSSR count). The van der Waals surface area contributed by atoms with Gasteiger partial charge in [-0.05, 0) is 38.1 Å². The Bertz CT molecular complexity index is 1360. The molecular weight excluding hydrogens is 396 g/mol. The summed E-state index contributed by atoms with van der Waals surface area (Å²) in [5.41, 5.74) is 4.00. The molecule has 0 aliphatic carbocycles. The zero-order valence-electron chi connectivity index (χ0n) is 17.0. The minimum absolute atomic E-state index is 0.0111. The first-order valence-electron chi connectivity index (χ1n) is 9.57. The van der Waals surface area contributed by atoms with Crippen LogP contribution in [0.15, 0.2) is 64.6 Å². The SMILES string of the molecule is Cc1cc(C)n(CC(=O)N/N=C/c2c(O)n(-c3ccccn3)c(=O)c3ccccc23)n1. The van der Waals surface area contributed by atoms with Gasteiger partial charge in [0.1, 0.15) is 12.4 Å². The third-order valence-corrected chi connectivity index (χ3v) is 4.76. The maximum atomic E-state index is 13.0. The average Bonchev–Trinajstić information content (AvgIpc) is 3.08. The number of hydrogen-bond donors (Lipinski definition) is 2. The lowest BCUT2D eigenvalue weighted by Crippen LogP contribution is -2.25. The maximum Gasteiger partial charge on any atom is 0.267 e. The molecule has 9 heteroatoms. The number of carbonyl (C=O) groups is 1. The van der Waals surface area contributed by atoms with Gasteiger partial charge in [0, 0.05) is 22.7 Å². The van der Waals surface area contributed by atoms with Crippen LogP contribution in [0.25, 0.3) is 16.6 Å². The van der Waals surface area contributed by atoms with Crippen molar-refractivity contribution in [2.45, 2.75) is 20.4 Å². The van der Waals surface area contributed by atoms with Crippen LogP contribution in [-0.4, -0.2) is 36.6 Å². The minimum atomic E-state index is -0.405. The highest BCUT2D eigenvalue weighted by molar-refractivity contribution is 6.01. The van der Waals surface area contributed by atoms with Crippen LogP contribution in [-0.2, 0) is 11.3 Å². The van der Waals surface area contributed by atoms with Gasteiger partial charge in [0.15, 0.2) is 0 Å². The van der Waals surface area contributed by atoms with E-state index in [-0.39, 0.29) is 29.7 Å². The van der Waals surface area contributed by atoms with Crippen LogP contribution in [0.1, 0.15) is 17.0 Å². The van der Waals surface area contributed by atoms with E-state index in [0.717, 1.165) is 16.0 Å². The third-order valence-electron chi connectivity index (χ3n) is 4.76. The number of nitrogens with zero attached hydrogens (tertiary/aromatic N) is 5. The quantitative estimate of drug-likeness (QED) is 0.382. The molecule has 0 spiro atoms. The predicted molar refractivity (Wildman–Crippen MR) is 116 cm³/mol. The summed E-state index contributed by atoms with van der Waals surface area (Å²) in [7, 11) is 0. The fourth-order valence-electron chi connectivity index (χ4n) is 3.36. The molecule has 156 valence electrons. The first-order chi connectivity index (χ1) is 15.0. The first-order valence-corrected chi connectivity index (χ1v) is 9.57. The van der Waals surface area contributed by atoms with E-state index in [1.165, 1.54) is 12.4 Å². The standard InChI is InChI=1S/C22H20N6O3/c1-14-11-15(2)27(26-14)13-20(29)25-24-12-18-16-7-3-4-8-17(16)21(30)28(22(18)31)19-9-5-6-10-23-19/h3-12,31H,13H2,1-2H3,(H,25,29)/b24-12+. The van der Waals surface area contributed by atoms with Crippen molar-refractivity contribution in [1.82, 2.24) is 24.8 Å². The van der Waals surface area contributed by atoms with Crippen molar-refractivity contribution < 1.29 is 9.90 Å². The number of benzene rings is 1. The number of aryl methyl sites for hydroxylation is 2. The van der Waals surface area contributed by atoms with Crippen molar-refractivity contribution in [1.29, 1.82) is 0 Å². The Hall–Kier alpha value is -4.27. The fourth-order valence-corrected chi connectivity index (χ4v) is 3.36. The largest absolute Gasteiger partial charge is 0.494 e. The molecule has 0 unspecified atom stereocenters. The molecule has 3 heterocycles. The van der Waals surface area contributed by atoms with E-state index in [4.69, 9.17) is 0 Å². The molecule has 1 aromatic carbocycles. The molecular formula is C22H20N6O3. The lowest BCUT2D eigenvalue weighted by molar-refractivity contribution is -0.121. The van der Waals surface area contributed by atoms with Crippen molar-refractivity contribution >= 4 is 22.9 Å². The van der Waals surface area contributed by atoms with E-state index in [1.54, 1.807) is 47.1 Å². The number of fused-ring (bicyclic) bond motifs is 1. The van der Waals surface area contributed by atoms with E-state index in [0.29, 0.717) is 10.8 Å². The molecule has 3 aromatic heterocycles. The van der Waals surface area contributed by atoms with Gasteiger partial charge in [0.2, 0.25) is 5.88 Å². The second-order valence-corrected chi connectivity index (χ2v) is 6.99. The van der Waals surface area contributed by atoms with Crippen molar-refractivity contribution in [2.24, 2.45) is 5.10 Å². The zero-order valence-corrected chi connectivity index (χ0v) is 17.0. The second-order valence-electron chi connectivity index (χ2n) is 6.99. The Labute approximate surface area is 177 Å². The van der Waals surface area contributed by atoms with Crippen LogP contribution in [0.4, 0.5) is 0 Å². The van der Waals surface area contributed by atoms with E-state index in [9.17, 15) is 14.7 Å². The van der Waals surface area contributed by atoms with Gasteiger partial charge in [-0.25, -0.2) is 15.0 Å². The summed E-state index contributed by atoms with van der Waals surface area (Å²) in [5, 5.41) is 20.0. The Morgan fingerprint density at radius 2 is 1.90 bits per heavy atom. The number of pyridine rings is 2. The van der Waals surface area contributed by atoms with Gasteiger partial charge < -0.3 is 5.11 Å². The molecule has 0 saturated carbocycles. The van der Waals surface area contributed by atoms with E-state index < -0.39 is 5.56 Å². The highest BCUT2D eigenvalue weighted by Gasteiger charge is 2.17. The molecule has 9 nitrogen and oxygen atoms in total. The molecule has 0 fully saturated rings. The summed E-state index contributed by atoms with van der Waals surface area (Å²) < 4.78 is 2.69. The molecule has 0 bridgehead atoms. The summed E-state index contributed by atoms with van der Waals surface area (Å²) >= 11 is 0. The van der Waals surface area contributed by atoms with Crippen LogP contribution in [0, 0.1) is 13.8 Å². The van der Waals surface area contributed by atoms with E-state index >= 15 is 0 Å². The molecule has 2 N–H and O–H groups in total. The Balaban J connectivity index is 1.69. The van der Waals surface area contributed by atoms with E-state index in [2.05, 4.69) is 20.6 Å². The van der Waals surface area contributed by atoms with Gasteiger partial charge in [0.05, 0.1) is 17.5 Å². The number of hydrogen-bond acceptors (Lipinski definition) is 6. The van der Waals surface area contributed by atoms with Crippen molar-refractivity contribution in [3.05, 3.63) is 82.0 Å².